The summed E-state index contributed by atoms with van der Waals surface area (Å²) in [5.41, 5.74) is -0.489. The molecule has 0 fully saturated rings. The number of nitro groups is 1. The molecule has 0 saturated carbocycles. The minimum atomic E-state index is -0.990. The monoisotopic (exact) mass is 261 g/mol. The predicted octanol–water partition coefficient (Wildman–Crippen LogP) is 0.802. The molecule has 1 aromatic heterocycles. The van der Waals surface area contributed by atoms with E-state index in [1.54, 1.807) is 0 Å². The fourth-order valence-corrected chi connectivity index (χ4v) is 1.72. The zero-order valence-corrected chi connectivity index (χ0v) is 10.1. The maximum Gasteiger partial charge on any atom is 0.350 e. The Morgan fingerprint density at radius 3 is 2.63 bits per heavy atom. The second kappa shape index (κ2) is 4.89. The smallest absolute Gasteiger partial charge is 0.289 e. The summed E-state index contributed by atoms with van der Waals surface area (Å²) in [6.45, 7) is 2.05. The number of benzene rings is 1. The van der Waals surface area contributed by atoms with Crippen molar-refractivity contribution in [2.75, 3.05) is 0 Å². The molecule has 0 radical (unpaired) electrons. The topological polar surface area (TPSA) is 98.0 Å². The molecule has 0 aliphatic heterocycles. The molecule has 0 saturated heterocycles. The molecule has 1 heterocycles. The zero-order chi connectivity index (χ0) is 14.0. The van der Waals surface area contributed by atoms with Gasteiger partial charge >= 0.3 is 16.9 Å². The minimum Gasteiger partial charge on any atom is -0.289 e. The Hall–Kier alpha value is -2.70. The molecule has 7 heteroatoms. The molecule has 7 nitrogen and oxygen atoms in total. The van der Waals surface area contributed by atoms with Gasteiger partial charge in [-0.25, -0.2) is 4.79 Å². The van der Waals surface area contributed by atoms with Crippen LogP contribution in [-0.2, 0) is 6.54 Å². The van der Waals surface area contributed by atoms with Crippen LogP contribution in [0.5, 0.6) is 0 Å². The van der Waals surface area contributed by atoms with Crippen molar-refractivity contribution in [1.29, 1.82) is 0 Å². The van der Waals surface area contributed by atoms with Gasteiger partial charge in [-0.15, -0.1) is 0 Å². The highest BCUT2D eigenvalue weighted by molar-refractivity contribution is 5.27. The van der Waals surface area contributed by atoms with E-state index in [4.69, 9.17) is 0 Å². The average molecular weight is 261 g/mol. The van der Waals surface area contributed by atoms with Gasteiger partial charge in [0.15, 0.2) is 0 Å². The van der Waals surface area contributed by atoms with Gasteiger partial charge in [0.25, 0.3) is 0 Å². The minimum absolute atomic E-state index is 0.170. The Bertz CT molecular complexity index is 745. The van der Waals surface area contributed by atoms with Crippen LogP contribution in [0.4, 0.5) is 5.69 Å². The molecular weight excluding hydrogens is 250 g/mol. The maximum atomic E-state index is 11.6. The molecule has 98 valence electrons. The summed E-state index contributed by atoms with van der Waals surface area (Å²) in [5, 5.41) is 10.7. The van der Waals surface area contributed by atoms with Crippen LogP contribution < -0.4 is 11.2 Å². The van der Waals surface area contributed by atoms with Crippen LogP contribution in [0.1, 0.15) is 11.1 Å². The summed E-state index contributed by atoms with van der Waals surface area (Å²) in [4.78, 5) is 34.7. The number of aromatic nitrogens is 2. The molecule has 0 unspecified atom stereocenters. The van der Waals surface area contributed by atoms with Crippen molar-refractivity contribution < 1.29 is 4.92 Å². The summed E-state index contributed by atoms with van der Waals surface area (Å²) in [5.74, 6) is 0. The van der Waals surface area contributed by atoms with Crippen LogP contribution >= 0.6 is 0 Å². The zero-order valence-electron chi connectivity index (χ0n) is 10.1. The van der Waals surface area contributed by atoms with Gasteiger partial charge in [-0.1, -0.05) is 24.3 Å². The SMILES string of the molecule is Cc1ccccc1Cn1cc([N+](=O)[O-])c(=O)[nH]c1=O. The first-order valence-electron chi connectivity index (χ1n) is 5.51. The predicted molar refractivity (Wildman–Crippen MR) is 68.3 cm³/mol. The Labute approximate surface area is 107 Å². The lowest BCUT2D eigenvalue weighted by atomic mass is 10.1. The first kappa shape index (κ1) is 12.7. The van der Waals surface area contributed by atoms with Gasteiger partial charge in [-0.2, -0.15) is 0 Å². The largest absolute Gasteiger partial charge is 0.350 e. The van der Waals surface area contributed by atoms with Crippen molar-refractivity contribution in [3.05, 3.63) is 72.5 Å². The number of aromatic amines is 1. The molecule has 0 aliphatic rings. The second-order valence-corrected chi connectivity index (χ2v) is 4.09. The van der Waals surface area contributed by atoms with E-state index in [1.807, 2.05) is 36.2 Å². The van der Waals surface area contributed by atoms with Gasteiger partial charge < -0.3 is 0 Å². The summed E-state index contributed by atoms with van der Waals surface area (Å²) < 4.78 is 1.11. The van der Waals surface area contributed by atoms with Gasteiger partial charge in [-0.3, -0.25) is 24.5 Å². The van der Waals surface area contributed by atoms with E-state index < -0.39 is 21.9 Å². The number of nitrogens with zero attached hydrogens (tertiary/aromatic N) is 2. The number of aryl methyl sites for hydroxylation is 1. The van der Waals surface area contributed by atoms with Crippen LogP contribution in [0.25, 0.3) is 0 Å². The first-order chi connectivity index (χ1) is 8.99. The summed E-state index contributed by atoms with van der Waals surface area (Å²) in [7, 11) is 0. The van der Waals surface area contributed by atoms with E-state index >= 15 is 0 Å². The molecule has 19 heavy (non-hydrogen) atoms. The van der Waals surface area contributed by atoms with Gasteiger partial charge in [0.05, 0.1) is 17.7 Å². The second-order valence-electron chi connectivity index (χ2n) is 4.09. The number of hydrogen-bond acceptors (Lipinski definition) is 4. The highest BCUT2D eigenvalue weighted by atomic mass is 16.6. The standard InChI is InChI=1S/C12H11N3O4/c1-8-4-2-3-5-9(8)6-14-7-10(15(18)19)11(16)13-12(14)17/h2-5,7H,6H2,1H3,(H,13,16,17). The fraction of sp³-hybridized carbons (Fsp3) is 0.167. The van der Waals surface area contributed by atoms with E-state index in [-0.39, 0.29) is 6.54 Å². The number of H-pyrrole nitrogens is 1. The van der Waals surface area contributed by atoms with E-state index in [0.717, 1.165) is 21.9 Å². The first-order valence-corrected chi connectivity index (χ1v) is 5.51. The van der Waals surface area contributed by atoms with Gasteiger partial charge in [0, 0.05) is 0 Å². The van der Waals surface area contributed by atoms with Crippen molar-refractivity contribution in [3.8, 4) is 0 Å². The Morgan fingerprint density at radius 2 is 2.00 bits per heavy atom. The third-order valence-corrected chi connectivity index (χ3v) is 2.79. The Balaban J connectivity index is 2.49. The van der Waals surface area contributed by atoms with E-state index in [1.165, 1.54) is 0 Å². The summed E-state index contributed by atoms with van der Waals surface area (Å²) in [6.07, 6.45) is 0.966. The Morgan fingerprint density at radius 1 is 1.32 bits per heavy atom. The van der Waals surface area contributed by atoms with Gasteiger partial charge in [-0.05, 0) is 18.1 Å². The molecule has 0 aliphatic carbocycles. The van der Waals surface area contributed by atoms with E-state index in [0.29, 0.717) is 0 Å². The molecule has 0 bridgehead atoms. The average Bonchev–Trinajstić information content (AvgIpc) is 2.34. The molecular formula is C12H11N3O4. The fourth-order valence-electron chi connectivity index (χ4n) is 1.72. The molecule has 1 N–H and O–H groups in total. The maximum absolute atomic E-state index is 11.6. The van der Waals surface area contributed by atoms with Crippen LogP contribution in [0.15, 0.2) is 40.1 Å². The lowest BCUT2D eigenvalue weighted by Crippen LogP contribution is -2.31. The molecule has 0 spiro atoms. The molecule has 0 atom stereocenters. The van der Waals surface area contributed by atoms with Gasteiger partial charge in [0.2, 0.25) is 0 Å². The number of rotatable bonds is 3. The van der Waals surface area contributed by atoms with Crippen LogP contribution in [0, 0.1) is 17.0 Å². The molecule has 2 rings (SSSR count). The number of nitrogens with one attached hydrogen (secondary N) is 1. The summed E-state index contributed by atoms with van der Waals surface area (Å²) >= 11 is 0. The normalized spacial score (nSPS) is 10.4. The van der Waals surface area contributed by atoms with Crippen molar-refractivity contribution in [3.63, 3.8) is 0 Å². The highest BCUT2D eigenvalue weighted by Crippen LogP contribution is 2.09. The van der Waals surface area contributed by atoms with Crippen LogP contribution in [0.2, 0.25) is 0 Å². The summed E-state index contributed by atoms with van der Waals surface area (Å²) in [6, 6.07) is 7.36. The van der Waals surface area contributed by atoms with E-state index in [2.05, 4.69) is 0 Å². The molecule has 0 amide bonds. The molecule has 2 aromatic rings. The lowest BCUT2D eigenvalue weighted by Gasteiger charge is -2.07. The molecule has 1 aromatic carbocycles. The van der Waals surface area contributed by atoms with Crippen molar-refractivity contribution in [2.24, 2.45) is 0 Å². The van der Waals surface area contributed by atoms with E-state index in [9.17, 15) is 19.7 Å². The van der Waals surface area contributed by atoms with Crippen LogP contribution in [-0.4, -0.2) is 14.5 Å². The quantitative estimate of drug-likeness (QED) is 0.652. The lowest BCUT2D eigenvalue weighted by molar-refractivity contribution is -0.386. The number of hydrogen-bond donors (Lipinski definition) is 1. The van der Waals surface area contributed by atoms with Crippen molar-refractivity contribution in [1.82, 2.24) is 9.55 Å². The highest BCUT2D eigenvalue weighted by Gasteiger charge is 2.15. The third kappa shape index (κ3) is 2.59. The third-order valence-electron chi connectivity index (χ3n) is 2.79. The van der Waals surface area contributed by atoms with Crippen molar-refractivity contribution >= 4 is 5.69 Å². The van der Waals surface area contributed by atoms with Gasteiger partial charge in [0.1, 0.15) is 0 Å². The van der Waals surface area contributed by atoms with Crippen molar-refractivity contribution in [2.45, 2.75) is 13.5 Å². The van der Waals surface area contributed by atoms with Crippen LogP contribution in [0.3, 0.4) is 0 Å². The Kier molecular flexibility index (Phi) is 3.28.